The number of nitrogens with zero attached hydrogens (tertiary/aromatic N) is 1. The predicted octanol–water partition coefficient (Wildman–Crippen LogP) is 2.87. The molecule has 0 amide bonds. The van der Waals surface area contributed by atoms with Crippen LogP contribution in [0.1, 0.15) is 23.5 Å². The van der Waals surface area contributed by atoms with Crippen LogP contribution in [0.3, 0.4) is 0 Å². The summed E-state index contributed by atoms with van der Waals surface area (Å²) in [5.41, 5.74) is 1.52. The first kappa shape index (κ1) is 11.3. The fourth-order valence-corrected chi connectivity index (χ4v) is 1.82. The number of carbonyl (C=O) groups excluding carboxylic acids is 1. The third-order valence-electron chi connectivity index (χ3n) is 2.81. The van der Waals surface area contributed by atoms with Crippen LogP contribution in [0.5, 0.6) is 0 Å². The molecular formula is C14H10FNO. The van der Waals surface area contributed by atoms with E-state index < -0.39 is 5.82 Å². The fourth-order valence-electron chi connectivity index (χ4n) is 1.82. The molecule has 0 fully saturated rings. The van der Waals surface area contributed by atoms with Gasteiger partial charge in [0.05, 0.1) is 5.56 Å². The second-order valence-electron chi connectivity index (χ2n) is 3.87. The monoisotopic (exact) mass is 227 g/mol. The molecule has 3 heteroatoms. The van der Waals surface area contributed by atoms with Gasteiger partial charge in [-0.25, -0.2) is 4.39 Å². The molecule has 0 saturated carbocycles. The van der Waals surface area contributed by atoms with Gasteiger partial charge in [0.25, 0.3) is 0 Å². The Bertz CT molecular complexity index is 552. The summed E-state index contributed by atoms with van der Waals surface area (Å²) in [6, 6.07) is 6.40. The molecule has 1 atom stereocenters. The molecule has 84 valence electrons. The Kier molecular flexibility index (Phi) is 3.15. The van der Waals surface area contributed by atoms with E-state index in [9.17, 15) is 9.18 Å². The van der Waals surface area contributed by atoms with Crippen LogP contribution in [0.2, 0.25) is 0 Å². The molecule has 2 rings (SSSR count). The molecule has 0 N–H and O–H groups in total. The highest BCUT2D eigenvalue weighted by Gasteiger charge is 2.13. The molecule has 1 unspecified atom stereocenters. The van der Waals surface area contributed by atoms with Gasteiger partial charge in [-0.1, -0.05) is 24.3 Å². The van der Waals surface area contributed by atoms with E-state index in [1.807, 2.05) is 12.2 Å². The average Bonchev–Trinajstić information content (AvgIpc) is 2.39. The molecule has 1 aliphatic carbocycles. The number of hydrogen-bond donors (Lipinski definition) is 0. The molecule has 0 aliphatic heterocycles. The maximum Gasteiger partial charge on any atom is 0.149 e. The normalized spacial score (nSPS) is 18.4. The van der Waals surface area contributed by atoms with Crippen molar-refractivity contribution >= 4 is 6.29 Å². The first-order valence-corrected chi connectivity index (χ1v) is 5.27. The van der Waals surface area contributed by atoms with E-state index in [1.165, 1.54) is 12.1 Å². The van der Waals surface area contributed by atoms with Gasteiger partial charge in [-0.15, -0.1) is 0 Å². The van der Waals surface area contributed by atoms with Crippen molar-refractivity contribution in [3.8, 4) is 6.07 Å². The maximum absolute atomic E-state index is 13.4. The number of allylic oxidation sites excluding steroid dienone is 4. The Morgan fingerprint density at radius 1 is 1.47 bits per heavy atom. The lowest BCUT2D eigenvalue weighted by molar-refractivity contribution is -0.104. The number of benzene rings is 1. The van der Waals surface area contributed by atoms with Crippen LogP contribution in [0, 0.1) is 17.1 Å². The molecule has 0 spiro atoms. The maximum atomic E-state index is 13.4. The number of carbonyl (C=O) groups is 1. The number of aldehydes is 1. The van der Waals surface area contributed by atoms with Gasteiger partial charge in [0.15, 0.2) is 0 Å². The molecule has 0 bridgehead atoms. The van der Waals surface area contributed by atoms with Crippen molar-refractivity contribution in [2.75, 3.05) is 0 Å². The summed E-state index contributed by atoms with van der Waals surface area (Å²) in [4.78, 5) is 10.5. The Hall–Kier alpha value is -2.21. The van der Waals surface area contributed by atoms with Crippen molar-refractivity contribution in [2.24, 2.45) is 0 Å². The minimum atomic E-state index is -0.497. The van der Waals surface area contributed by atoms with E-state index in [2.05, 4.69) is 0 Å². The highest BCUT2D eigenvalue weighted by atomic mass is 19.1. The molecule has 1 aromatic carbocycles. The van der Waals surface area contributed by atoms with Crippen LogP contribution < -0.4 is 0 Å². The molecular weight excluding hydrogens is 217 g/mol. The van der Waals surface area contributed by atoms with Crippen molar-refractivity contribution in [3.05, 3.63) is 58.9 Å². The first-order valence-electron chi connectivity index (χ1n) is 5.27. The van der Waals surface area contributed by atoms with E-state index in [4.69, 9.17) is 5.26 Å². The van der Waals surface area contributed by atoms with E-state index in [0.717, 1.165) is 11.8 Å². The molecule has 17 heavy (non-hydrogen) atoms. The highest BCUT2D eigenvalue weighted by Crippen LogP contribution is 2.27. The fraction of sp³-hybridized carbons (Fsp3) is 0.143. The standard InChI is InChI=1S/C14H10FNO/c15-14-7-12(5-6-13(14)8-16)11-3-1-10(9-17)2-4-11/h1-3,5-7,9,11H,4H2. The summed E-state index contributed by atoms with van der Waals surface area (Å²) in [7, 11) is 0. The lowest BCUT2D eigenvalue weighted by Gasteiger charge is -2.15. The second-order valence-corrected chi connectivity index (χ2v) is 3.87. The molecule has 1 aliphatic rings. The van der Waals surface area contributed by atoms with Gasteiger partial charge in [-0.2, -0.15) is 5.26 Å². The van der Waals surface area contributed by atoms with Gasteiger partial charge in [0, 0.05) is 11.5 Å². The smallest absolute Gasteiger partial charge is 0.149 e. The van der Waals surface area contributed by atoms with Crippen molar-refractivity contribution in [2.45, 2.75) is 12.3 Å². The molecule has 0 aromatic heterocycles. The van der Waals surface area contributed by atoms with Crippen molar-refractivity contribution in [1.29, 1.82) is 5.26 Å². The predicted molar refractivity (Wildman–Crippen MR) is 61.8 cm³/mol. The van der Waals surface area contributed by atoms with Gasteiger partial charge < -0.3 is 0 Å². The van der Waals surface area contributed by atoms with Gasteiger partial charge in [-0.3, -0.25) is 4.79 Å². The van der Waals surface area contributed by atoms with E-state index in [0.29, 0.717) is 12.0 Å². The molecule has 0 heterocycles. The van der Waals surface area contributed by atoms with Gasteiger partial charge >= 0.3 is 0 Å². The summed E-state index contributed by atoms with van der Waals surface area (Å²) >= 11 is 0. The molecule has 1 aromatic rings. The molecule has 0 saturated heterocycles. The van der Waals surface area contributed by atoms with E-state index >= 15 is 0 Å². The van der Waals surface area contributed by atoms with Gasteiger partial charge in [0.2, 0.25) is 0 Å². The zero-order valence-electron chi connectivity index (χ0n) is 9.06. The second kappa shape index (κ2) is 4.75. The Labute approximate surface area is 98.7 Å². The molecule has 2 nitrogen and oxygen atoms in total. The highest BCUT2D eigenvalue weighted by molar-refractivity contribution is 5.78. The minimum absolute atomic E-state index is 0.0534. The lowest BCUT2D eigenvalue weighted by atomic mass is 9.90. The largest absolute Gasteiger partial charge is 0.298 e. The third-order valence-corrected chi connectivity index (χ3v) is 2.81. The van der Waals surface area contributed by atoms with Crippen LogP contribution in [0.25, 0.3) is 0 Å². The SMILES string of the molecule is N#Cc1ccc(C2C=CC(C=O)=CC2)cc1F. The van der Waals surface area contributed by atoms with E-state index in [1.54, 1.807) is 18.2 Å². The van der Waals surface area contributed by atoms with Gasteiger partial charge in [-0.05, 0) is 24.1 Å². The van der Waals surface area contributed by atoms with Gasteiger partial charge in [0.1, 0.15) is 18.2 Å². The summed E-state index contributed by atoms with van der Waals surface area (Å²) < 4.78 is 13.4. The van der Waals surface area contributed by atoms with Crippen LogP contribution in [-0.4, -0.2) is 6.29 Å². The minimum Gasteiger partial charge on any atom is -0.298 e. The van der Waals surface area contributed by atoms with Crippen LogP contribution in [0.15, 0.2) is 42.0 Å². The van der Waals surface area contributed by atoms with Crippen LogP contribution in [-0.2, 0) is 4.79 Å². The van der Waals surface area contributed by atoms with E-state index in [-0.39, 0.29) is 11.5 Å². The summed E-state index contributed by atoms with van der Waals surface area (Å²) in [5, 5.41) is 8.63. The zero-order chi connectivity index (χ0) is 12.3. The van der Waals surface area contributed by atoms with Crippen molar-refractivity contribution in [3.63, 3.8) is 0 Å². The quantitative estimate of drug-likeness (QED) is 0.729. The Balaban J connectivity index is 2.24. The number of rotatable bonds is 2. The first-order chi connectivity index (χ1) is 8.24. The Morgan fingerprint density at radius 2 is 2.29 bits per heavy atom. The number of halogens is 1. The third kappa shape index (κ3) is 2.31. The van der Waals surface area contributed by atoms with Crippen LogP contribution >= 0.6 is 0 Å². The molecule has 0 radical (unpaired) electrons. The zero-order valence-corrected chi connectivity index (χ0v) is 9.06. The topological polar surface area (TPSA) is 40.9 Å². The Morgan fingerprint density at radius 3 is 2.82 bits per heavy atom. The lowest BCUT2D eigenvalue weighted by Crippen LogP contribution is -2.00. The summed E-state index contributed by atoms with van der Waals surface area (Å²) in [6.45, 7) is 0. The van der Waals surface area contributed by atoms with Crippen molar-refractivity contribution < 1.29 is 9.18 Å². The average molecular weight is 227 g/mol. The van der Waals surface area contributed by atoms with Crippen molar-refractivity contribution in [1.82, 2.24) is 0 Å². The number of nitriles is 1. The van der Waals surface area contributed by atoms with Crippen LogP contribution in [0.4, 0.5) is 4.39 Å². The summed E-state index contributed by atoms with van der Waals surface area (Å²) in [6.07, 6.45) is 6.91. The summed E-state index contributed by atoms with van der Waals surface area (Å²) in [5.74, 6) is -0.426. The number of hydrogen-bond acceptors (Lipinski definition) is 2.